The molecule has 2 nitrogen and oxygen atoms in total. The van der Waals surface area contributed by atoms with Crippen LogP contribution in [0.2, 0.25) is 0 Å². The van der Waals surface area contributed by atoms with Crippen LogP contribution in [0.3, 0.4) is 0 Å². The summed E-state index contributed by atoms with van der Waals surface area (Å²) in [5.41, 5.74) is 1.67. The quantitative estimate of drug-likeness (QED) is 0.544. The molecule has 0 spiro atoms. The van der Waals surface area contributed by atoms with Gasteiger partial charge in [-0.25, -0.2) is 0 Å². The topological polar surface area (TPSA) is 20.3 Å². The van der Waals surface area contributed by atoms with Gasteiger partial charge in [0.1, 0.15) is 5.41 Å². The Bertz CT molecular complexity index is 856. The third-order valence-corrected chi connectivity index (χ3v) is 6.00. The number of benzene rings is 3. The Labute approximate surface area is 153 Å². The molecule has 0 saturated carbocycles. The van der Waals surface area contributed by atoms with E-state index in [1.165, 1.54) is 0 Å². The SMILES string of the molecule is CC1(c2ccccc2)N(S)C(=O)C1(c1ccccc1)c1ccccc1. The highest BCUT2D eigenvalue weighted by atomic mass is 32.1. The Morgan fingerprint density at radius 1 is 0.680 bits per heavy atom. The number of nitrogens with zero attached hydrogens (tertiary/aromatic N) is 1. The predicted molar refractivity (Wildman–Crippen MR) is 103 cm³/mol. The lowest BCUT2D eigenvalue weighted by molar-refractivity contribution is -0.156. The third kappa shape index (κ3) is 1.96. The standard InChI is InChI=1S/C22H19NOS/c1-21(17-11-5-2-6-12-17)22(20(24)23(21)25,18-13-7-3-8-14-18)19-15-9-4-10-16-19/h2-16,25H,1H3. The van der Waals surface area contributed by atoms with E-state index in [9.17, 15) is 4.79 Å². The largest absolute Gasteiger partial charge is 0.276 e. The lowest BCUT2D eigenvalue weighted by atomic mass is 9.53. The average Bonchev–Trinajstić information content (AvgIpc) is 2.70. The van der Waals surface area contributed by atoms with Crippen molar-refractivity contribution in [2.24, 2.45) is 0 Å². The summed E-state index contributed by atoms with van der Waals surface area (Å²) >= 11 is 4.57. The van der Waals surface area contributed by atoms with Crippen molar-refractivity contribution in [2.45, 2.75) is 17.9 Å². The highest BCUT2D eigenvalue weighted by Crippen LogP contribution is 2.60. The van der Waals surface area contributed by atoms with Crippen LogP contribution >= 0.6 is 12.8 Å². The minimum absolute atomic E-state index is 0.000383. The maximum atomic E-state index is 13.3. The smallest absolute Gasteiger partial charge is 0.251 e. The molecule has 124 valence electrons. The molecule has 1 unspecified atom stereocenters. The third-order valence-electron chi connectivity index (χ3n) is 5.42. The van der Waals surface area contributed by atoms with Crippen LogP contribution in [-0.2, 0) is 15.7 Å². The summed E-state index contributed by atoms with van der Waals surface area (Å²) in [5, 5.41) is 0. The molecule has 1 heterocycles. The van der Waals surface area contributed by atoms with Gasteiger partial charge >= 0.3 is 0 Å². The van der Waals surface area contributed by atoms with Gasteiger partial charge in [-0.1, -0.05) is 104 Å². The number of hydrogen-bond acceptors (Lipinski definition) is 2. The Kier molecular flexibility index (Phi) is 3.69. The van der Waals surface area contributed by atoms with Crippen molar-refractivity contribution in [3.8, 4) is 0 Å². The van der Waals surface area contributed by atoms with Gasteiger partial charge < -0.3 is 0 Å². The number of β-lactam (4-membered cyclic amide) rings is 1. The van der Waals surface area contributed by atoms with E-state index in [0.717, 1.165) is 16.7 Å². The zero-order chi connectivity index (χ0) is 17.5. The van der Waals surface area contributed by atoms with Crippen LogP contribution in [0.25, 0.3) is 0 Å². The van der Waals surface area contributed by atoms with Crippen molar-refractivity contribution in [1.82, 2.24) is 4.31 Å². The van der Waals surface area contributed by atoms with E-state index in [-0.39, 0.29) is 5.91 Å². The lowest BCUT2D eigenvalue weighted by Gasteiger charge is -2.62. The van der Waals surface area contributed by atoms with E-state index in [4.69, 9.17) is 0 Å². The Morgan fingerprint density at radius 2 is 1.04 bits per heavy atom. The highest BCUT2D eigenvalue weighted by molar-refractivity contribution is 7.78. The van der Waals surface area contributed by atoms with Crippen molar-refractivity contribution in [3.63, 3.8) is 0 Å². The average molecular weight is 345 g/mol. The second-order valence-corrected chi connectivity index (χ2v) is 6.94. The normalized spacial score (nSPS) is 21.7. The van der Waals surface area contributed by atoms with Gasteiger partial charge in [-0.2, -0.15) is 0 Å². The molecule has 1 aliphatic heterocycles. The molecule has 1 atom stereocenters. The first-order chi connectivity index (χ1) is 12.1. The van der Waals surface area contributed by atoms with Crippen LogP contribution in [0.4, 0.5) is 0 Å². The van der Waals surface area contributed by atoms with Gasteiger partial charge in [0.2, 0.25) is 0 Å². The van der Waals surface area contributed by atoms with Crippen molar-refractivity contribution >= 4 is 18.7 Å². The zero-order valence-electron chi connectivity index (χ0n) is 14.0. The molecule has 4 rings (SSSR count). The summed E-state index contributed by atoms with van der Waals surface area (Å²) in [6.45, 7) is 2.09. The first-order valence-electron chi connectivity index (χ1n) is 8.33. The van der Waals surface area contributed by atoms with E-state index < -0.39 is 11.0 Å². The summed E-state index contributed by atoms with van der Waals surface area (Å²) in [6, 6.07) is 30.2. The Hall–Kier alpha value is -2.52. The molecular weight excluding hydrogens is 326 g/mol. The number of carbonyl (C=O) groups excluding carboxylic acids is 1. The van der Waals surface area contributed by atoms with Crippen molar-refractivity contribution in [3.05, 3.63) is 108 Å². The first kappa shape index (κ1) is 16.0. The van der Waals surface area contributed by atoms with Crippen LogP contribution < -0.4 is 0 Å². The number of carbonyl (C=O) groups is 1. The minimum atomic E-state index is -0.793. The molecule has 0 aromatic heterocycles. The van der Waals surface area contributed by atoms with Gasteiger partial charge in [0.15, 0.2) is 0 Å². The summed E-state index contributed by atoms with van der Waals surface area (Å²) in [6.07, 6.45) is 0. The fourth-order valence-corrected chi connectivity index (χ4v) is 4.55. The van der Waals surface area contributed by atoms with E-state index >= 15 is 0 Å². The summed E-state index contributed by atoms with van der Waals surface area (Å²) < 4.78 is 1.57. The monoisotopic (exact) mass is 345 g/mol. The highest BCUT2D eigenvalue weighted by Gasteiger charge is 2.70. The molecule has 0 bridgehead atoms. The molecule has 1 aliphatic rings. The molecular formula is C22H19NOS. The molecule has 0 N–H and O–H groups in total. The predicted octanol–water partition coefficient (Wildman–Crippen LogP) is 4.58. The molecule has 3 aromatic carbocycles. The van der Waals surface area contributed by atoms with Gasteiger partial charge in [-0.05, 0) is 23.6 Å². The molecule has 0 radical (unpaired) electrons. The van der Waals surface area contributed by atoms with Crippen LogP contribution in [0, 0.1) is 0 Å². The van der Waals surface area contributed by atoms with Crippen LogP contribution in [-0.4, -0.2) is 10.2 Å². The molecule has 3 aromatic rings. The first-order valence-corrected chi connectivity index (χ1v) is 8.73. The van der Waals surface area contributed by atoms with Crippen molar-refractivity contribution in [2.75, 3.05) is 0 Å². The van der Waals surface area contributed by atoms with E-state index in [0.29, 0.717) is 0 Å². The van der Waals surface area contributed by atoms with E-state index in [1.807, 2.05) is 78.9 Å². The maximum absolute atomic E-state index is 13.3. The summed E-state index contributed by atoms with van der Waals surface area (Å²) in [7, 11) is 0. The summed E-state index contributed by atoms with van der Waals surface area (Å²) in [5.74, 6) is -0.000383. The van der Waals surface area contributed by atoms with Gasteiger partial charge in [0.25, 0.3) is 5.91 Å². The second kappa shape index (κ2) is 5.78. The number of amides is 1. The van der Waals surface area contributed by atoms with Crippen molar-refractivity contribution < 1.29 is 4.79 Å². The number of thiol groups is 1. The van der Waals surface area contributed by atoms with Gasteiger partial charge in [0.05, 0.1) is 5.54 Å². The lowest BCUT2D eigenvalue weighted by Crippen LogP contribution is -2.74. The fraction of sp³-hybridized carbons (Fsp3) is 0.136. The van der Waals surface area contributed by atoms with Gasteiger partial charge in [0, 0.05) is 0 Å². The molecule has 1 amide bonds. The molecule has 1 saturated heterocycles. The second-order valence-electron chi connectivity index (χ2n) is 6.54. The maximum Gasteiger partial charge on any atom is 0.251 e. The molecule has 0 aliphatic carbocycles. The van der Waals surface area contributed by atoms with Crippen LogP contribution in [0.1, 0.15) is 23.6 Å². The molecule has 3 heteroatoms. The Morgan fingerprint density at radius 3 is 1.44 bits per heavy atom. The van der Waals surface area contributed by atoms with Gasteiger partial charge in [-0.3, -0.25) is 9.10 Å². The molecule has 25 heavy (non-hydrogen) atoms. The fourth-order valence-electron chi connectivity index (χ4n) is 4.13. The summed E-state index contributed by atoms with van der Waals surface area (Å²) in [4.78, 5) is 13.3. The molecule has 1 fully saturated rings. The number of hydrogen-bond donors (Lipinski definition) is 1. The van der Waals surface area contributed by atoms with Crippen LogP contribution in [0.15, 0.2) is 91.0 Å². The van der Waals surface area contributed by atoms with Gasteiger partial charge in [-0.15, -0.1) is 0 Å². The zero-order valence-corrected chi connectivity index (χ0v) is 14.9. The Balaban J connectivity index is 2.05. The van der Waals surface area contributed by atoms with Crippen molar-refractivity contribution in [1.29, 1.82) is 0 Å². The van der Waals surface area contributed by atoms with E-state index in [1.54, 1.807) is 4.31 Å². The van der Waals surface area contributed by atoms with E-state index in [2.05, 4.69) is 31.9 Å². The minimum Gasteiger partial charge on any atom is -0.276 e. The number of rotatable bonds is 3. The van der Waals surface area contributed by atoms with Crippen LogP contribution in [0.5, 0.6) is 0 Å².